The first kappa shape index (κ1) is 135. The minimum absolute atomic E-state index is 0. The zero-order chi connectivity index (χ0) is 104. The first-order chi connectivity index (χ1) is 65.8. The zero-order valence-electron chi connectivity index (χ0n) is 97.3. The van der Waals surface area contributed by atoms with E-state index < -0.39 is 0 Å². The molecule has 0 bridgehead atoms. The first-order valence-corrected chi connectivity index (χ1v) is 53.6. The monoisotopic (exact) mass is 1910 g/mol. The van der Waals surface area contributed by atoms with Gasteiger partial charge in [-0.3, -0.25) is 0 Å². The lowest BCUT2D eigenvalue weighted by molar-refractivity contribution is 0.305. The summed E-state index contributed by atoms with van der Waals surface area (Å²) in [6.07, 6.45) is 36.2. The second-order valence-corrected chi connectivity index (χ2v) is 38.6. The maximum absolute atomic E-state index is 5.76. The Balaban J connectivity index is -0.000000711. The van der Waals surface area contributed by atoms with E-state index in [9.17, 15) is 0 Å². The molecule has 14 rings (SSSR count). The van der Waals surface area contributed by atoms with Gasteiger partial charge in [-0.1, -0.05) is 418 Å². The number of hydrogen-bond donors (Lipinski definition) is 0. The molecule has 3 radical (unpaired) electrons. The predicted molar refractivity (Wildman–Crippen MR) is 618 cm³/mol. The van der Waals surface area contributed by atoms with E-state index in [0.717, 1.165) is 75.5 Å². The van der Waals surface area contributed by atoms with E-state index in [1.54, 1.807) is 14.2 Å². The number of aryl methyl sites for hydroxylation is 23. The van der Waals surface area contributed by atoms with Crippen LogP contribution in [0.25, 0.3) is 10.8 Å². The highest BCUT2D eigenvalue weighted by Crippen LogP contribution is 2.29. The maximum Gasteiger partial charge on any atom is 0.125 e. The average Bonchev–Trinajstić information content (AvgIpc) is 1.00. The summed E-state index contributed by atoms with van der Waals surface area (Å²) in [5.74, 6) is 4.05. The fraction of sp³-hybridized carbons (Fsp3) is 0.554. The third-order valence-electron chi connectivity index (χ3n) is 23.5. The minimum Gasteiger partial charge on any atom is -1.00 e. The van der Waals surface area contributed by atoms with Gasteiger partial charge in [-0.05, 0) is 300 Å². The molecule has 779 valence electrons. The maximum atomic E-state index is 5.76. The molecule has 4 saturated heterocycles. The number of methoxy groups -OCH3 is 2. The van der Waals surface area contributed by atoms with E-state index in [2.05, 4.69) is 412 Å². The summed E-state index contributed by atoms with van der Waals surface area (Å²) in [4.78, 5) is 0. The third kappa shape index (κ3) is 75.1. The van der Waals surface area contributed by atoms with Gasteiger partial charge in [-0.25, -0.2) is 0 Å². The van der Waals surface area contributed by atoms with Crippen LogP contribution in [-0.4, -0.2) is 86.7 Å². The van der Waals surface area contributed by atoms with Crippen LogP contribution in [0, 0.1) is 159 Å². The summed E-state index contributed by atoms with van der Waals surface area (Å²) in [5, 5.41) is 2.55. The van der Waals surface area contributed by atoms with Crippen molar-refractivity contribution in [2.24, 2.45) is 0 Å². The summed E-state index contributed by atoms with van der Waals surface area (Å²) in [6, 6.07) is 61.9. The van der Waals surface area contributed by atoms with Gasteiger partial charge >= 0.3 is 0 Å². The molecule has 0 amide bonds. The number of hydrogen-bond acceptors (Lipinski definition) is 8. The lowest BCUT2D eigenvalue weighted by Crippen LogP contribution is -2.00. The van der Waals surface area contributed by atoms with E-state index in [-0.39, 0.29) is 9.84 Å². The lowest BCUT2D eigenvalue weighted by Gasteiger charge is -2.12. The standard InChI is InChI=1S/C13H14O.C13H20O.C12H18O.C10H14O.C10H14.C10H22.C9H12.3C8H10.C8H18.C6H14.3C4H8O.C3H6O.B.H/c1-9-4-6-12-10(2)13(14-3)7-5-11(12)8-9;1-5-6-7-14-13-11(3)8-10(2)9-12(13)4;1-4-5-6-13-12-8-10(2)7-11(3)9-12;1-7-5-8(2)10(11-4)9(3)6-7;1-7-5-9(3)10(4)6-8(7)2;1-3-5-7-9-10-8-6-4-2;1-7-4-8(2)6-9(3)5-7;1-7-3-5-8(2)6-4-7;1-7-4-3-5-8(2)6-7;1-7-5-3-4-6-8(7)2;1-3-5-7-8-6-4-2;1-3-5-6-4-2;3*1-2-4-3-5-4;1-3-2-4-3;;/h4-8H,1-3H3;8-9H,5-7H2,1-4H3;7-9H,4-6H2,1-3H3;5-6H,1-4H3;5-6H,1-4H3;3-10H2,1-2H3;4-6H,1-3H3;3*3-6H,1-2H3;3-8H2,1-2H3;3-6H2,1-2H3;3*4H,2-3H2,1H3;3H,2H2,1H3;;/q;;;;;;;;;;;;;;;;;-1/i;;;;;;;;;;;;;;;;;1+1. The van der Waals surface area contributed by atoms with Crippen LogP contribution in [0.1, 0.15) is 373 Å². The van der Waals surface area contributed by atoms with E-state index in [1.165, 1.54) is 286 Å². The van der Waals surface area contributed by atoms with Crippen molar-refractivity contribution in [1.29, 1.82) is 0 Å². The van der Waals surface area contributed by atoms with Crippen LogP contribution < -0.4 is 18.9 Å². The predicted octanol–water partition coefficient (Wildman–Crippen LogP) is 38.4. The summed E-state index contributed by atoms with van der Waals surface area (Å²) >= 11 is 0. The van der Waals surface area contributed by atoms with Crippen molar-refractivity contribution in [3.05, 3.63) is 304 Å². The molecule has 4 aliphatic rings. The Morgan fingerprint density at radius 2 is 0.532 bits per heavy atom. The number of unbranched alkanes of at least 4 members (excludes halogenated alkanes) is 17. The van der Waals surface area contributed by atoms with Gasteiger partial charge in [0.25, 0.3) is 0 Å². The van der Waals surface area contributed by atoms with Crippen LogP contribution in [-0.2, 0) is 18.9 Å². The van der Waals surface area contributed by atoms with Gasteiger partial charge < -0.3 is 39.3 Å². The van der Waals surface area contributed by atoms with Gasteiger partial charge in [0.2, 0.25) is 0 Å². The summed E-state index contributed by atoms with van der Waals surface area (Å²) in [5.41, 5.74) is 30.3. The van der Waals surface area contributed by atoms with Crippen molar-refractivity contribution in [2.45, 2.75) is 427 Å². The number of benzene rings is 10. The minimum atomic E-state index is 0. The molecule has 10 aromatic carbocycles. The Hall–Kier alpha value is -8.44. The fourth-order valence-corrected chi connectivity index (χ4v) is 14.3. The molecular formula is C130H207BO8-. The van der Waals surface area contributed by atoms with Crippen molar-refractivity contribution < 1.29 is 39.3 Å². The van der Waals surface area contributed by atoms with E-state index >= 15 is 0 Å². The summed E-state index contributed by atoms with van der Waals surface area (Å²) < 4.78 is 41.2. The van der Waals surface area contributed by atoms with Gasteiger partial charge in [0.05, 0.1) is 78.3 Å². The van der Waals surface area contributed by atoms with Crippen LogP contribution in [0.2, 0.25) is 0 Å². The van der Waals surface area contributed by atoms with Crippen molar-refractivity contribution >= 4 is 19.2 Å². The van der Waals surface area contributed by atoms with Crippen LogP contribution in [0.5, 0.6) is 23.0 Å². The Morgan fingerprint density at radius 1 is 0.252 bits per heavy atom. The molecule has 4 unspecified atom stereocenters. The summed E-state index contributed by atoms with van der Waals surface area (Å²) in [6.45, 7) is 80.6. The number of fused-ring (bicyclic) bond motifs is 1. The van der Waals surface area contributed by atoms with Gasteiger partial charge in [0.1, 0.15) is 23.0 Å². The van der Waals surface area contributed by atoms with Crippen LogP contribution >= 0.6 is 0 Å². The number of rotatable bonds is 28. The van der Waals surface area contributed by atoms with E-state index in [0.29, 0.717) is 24.4 Å². The van der Waals surface area contributed by atoms with Gasteiger partial charge in [0, 0.05) is 8.41 Å². The normalized spacial score (nSPS) is 13.3. The molecule has 4 atom stereocenters. The van der Waals surface area contributed by atoms with Crippen molar-refractivity contribution in [2.75, 3.05) is 53.9 Å². The molecule has 4 fully saturated rings. The van der Waals surface area contributed by atoms with E-state index in [4.69, 9.17) is 37.9 Å². The van der Waals surface area contributed by atoms with Crippen molar-refractivity contribution in [1.82, 2.24) is 0 Å². The second kappa shape index (κ2) is 85.2. The molecule has 0 aliphatic carbocycles. The fourth-order valence-electron chi connectivity index (χ4n) is 14.3. The highest BCUT2D eigenvalue weighted by atomic mass is 16.6. The molecule has 10 aromatic rings. The van der Waals surface area contributed by atoms with Gasteiger partial charge in [0.15, 0.2) is 0 Å². The molecule has 0 saturated carbocycles. The van der Waals surface area contributed by atoms with Crippen molar-refractivity contribution in [3.63, 3.8) is 0 Å². The third-order valence-corrected chi connectivity index (χ3v) is 23.5. The largest absolute Gasteiger partial charge is 1.00 e. The first-order valence-electron chi connectivity index (χ1n) is 53.6. The number of ether oxygens (including phenoxy) is 8. The van der Waals surface area contributed by atoms with Crippen molar-refractivity contribution in [3.8, 4) is 23.0 Å². The lowest BCUT2D eigenvalue weighted by atomic mass is 10.0. The van der Waals surface area contributed by atoms with Gasteiger partial charge in [-0.15, -0.1) is 0 Å². The summed E-state index contributed by atoms with van der Waals surface area (Å²) in [7, 11) is 3.42. The molecule has 4 aliphatic heterocycles. The smallest absolute Gasteiger partial charge is 0.125 e. The molecule has 0 aromatic heterocycles. The van der Waals surface area contributed by atoms with Crippen LogP contribution in [0.3, 0.4) is 0 Å². The number of epoxide rings is 4. The molecule has 0 N–H and O–H groups in total. The highest BCUT2D eigenvalue weighted by molar-refractivity contribution is 5.88. The van der Waals surface area contributed by atoms with Crippen LogP contribution in [0.4, 0.5) is 0 Å². The zero-order valence-corrected chi connectivity index (χ0v) is 96.3. The molecule has 139 heavy (non-hydrogen) atoms. The van der Waals surface area contributed by atoms with E-state index in [1.807, 2.05) is 6.07 Å². The Bertz CT molecular complexity index is 4390. The topological polar surface area (TPSA) is 87.0 Å². The average molecular weight is 1910 g/mol. The quantitative estimate of drug-likeness (QED) is 0.0272. The molecule has 0 spiro atoms. The highest BCUT2D eigenvalue weighted by Gasteiger charge is 2.20. The Morgan fingerprint density at radius 3 is 0.806 bits per heavy atom. The second-order valence-electron chi connectivity index (χ2n) is 38.6. The molecular weight excluding hydrogens is 1700 g/mol. The molecule has 8 nitrogen and oxygen atoms in total. The SMILES string of the molecule is CC1CO1.CCC1CO1.CCC1CO1.CCC1CO1.CCCCCC.CCCCCCCC.CCCCCCCCCC.CCCCOc1c(C)cc(C)cc1C.CCCCOc1cc(C)cc(C)c1.COc1c(C)cc(C)cc1C.COc1ccc2cc(C)ccc2c1C.Cc1cc(C)c(C)cc1C.Cc1cc(C)cc(C)c1.Cc1ccc(C)cc1.Cc1cccc(C)c1.Cc1ccccc1C.[2H-].[B]. The molecule has 9 heteroatoms. The van der Waals surface area contributed by atoms with Gasteiger partial charge in [-0.2, -0.15) is 0 Å². The molecule has 4 heterocycles. The Labute approximate surface area is 861 Å². The van der Waals surface area contributed by atoms with Crippen LogP contribution in [0.15, 0.2) is 176 Å². The Kier molecular flexibility index (Phi) is 82.5.